The van der Waals surface area contributed by atoms with Gasteiger partial charge in [-0.05, 0) is 31.7 Å². The summed E-state index contributed by atoms with van der Waals surface area (Å²) in [4.78, 5) is 13.7. The number of carbonyl (C=O) groups excluding carboxylic acids is 1. The maximum absolute atomic E-state index is 13.8. The molecule has 1 aliphatic rings. The predicted molar refractivity (Wildman–Crippen MR) is 87.2 cm³/mol. The van der Waals surface area contributed by atoms with Crippen LogP contribution in [0.15, 0.2) is 24.3 Å². The Morgan fingerprint density at radius 2 is 2.05 bits per heavy atom. The van der Waals surface area contributed by atoms with Crippen LogP contribution in [0.5, 0.6) is 0 Å². The van der Waals surface area contributed by atoms with E-state index < -0.39 is 0 Å². The molecule has 1 unspecified atom stereocenters. The summed E-state index contributed by atoms with van der Waals surface area (Å²) in [5, 5.41) is 2.94. The highest BCUT2D eigenvalue weighted by Crippen LogP contribution is 2.28. The van der Waals surface area contributed by atoms with E-state index in [9.17, 15) is 9.18 Å². The molecule has 2 rings (SSSR count). The minimum Gasteiger partial charge on any atom is -0.338 e. The number of amides is 2. The van der Waals surface area contributed by atoms with E-state index in [1.54, 1.807) is 30.1 Å². The van der Waals surface area contributed by atoms with Gasteiger partial charge in [0.25, 0.3) is 0 Å². The molecule has 0 heterocycles. The Labute approximate surface area is 132 Å². The number of hydrogen-bond donors (Lipinski definition) is 1. The first-order valence-electron chi connectivity index (χ1n) is 8.34. The summed E-state index contributed by atoms with van der Waals surface area (Å²) in [6.07, 6.45) is 7.64. The van der Waals surface area contributed by atoms with Gasteiger partial charge in [-0.25, -0.2) is 9.18 Å². The van der Waals surface area contributed by atoms with Crippen molar-refractivity contribution in [1.29, 1.82) is 0 Å². The highest BCUT2D eigenvalue weighted by molar-refractivity contribution is 5.74. The van der Waals surface area contributed by atoms with Gasteiger partial charge >= 0.3 is 6.03 Å². The summed E-state index contributed by atoms with van der Waals surface area (Å²) < 4.78 is 13.8. The van der Waals surface area contributed by atoms with Crippen molar-refractivity contribution in [3.05, 3.63) is 35.6 Å². The van der Waals surface area contributed by atoms with Crippen molar-refractivity contribution in [2.24, 2.45) is 5.92 Å². The van der Waals surface area contributed by atoms with E-state index in [-0.39, 0.29) is 17.9 Å². The molecule has 0 radical (unpaired) electrons. The molecular formula is C18H27FN2O. The fraction of sp³-hybridized carbons (Fsp3) is 0.611. The van der Waals surface area contributed by atoms with Gasteiger partial charge < -0.3 is 10.2 Å². The molecule has 0 bridgehead atoms. The molecule has 4 heteroatoms. The molecule has 1 fully saturated rings. The molecule has 1 aliphatic carbocycles. The molecule has 1 saturated carbocycles. The third kappa shape index (κ3) is 4.46. The second kappa shape index (κ2) is 8.16. The van der Waals surface area contributed by atoms with Crippen LogP contribution in [0.4, 0.5) is 9.18 Å². The van der Waals surface area contributed by atoms with Crippen LogP contribution in [0.3, 0.4) is 0 Å². The molecule has 0 saturated heterocycles. The monoisotopic (exact) mass is 306 g/mol. The maximum Gasteiger partial charge on any atom is 0.317 e. The van der Waals surface area contributed by atoms with Crippen molar-refractivity contribution in [2.45, 2.75) is 51.5 Å². The van der Waals surface area contributed by atoms with Gasteiger partial charge in [0.15, 0.2) is 0 Å². The second-order valence-corrected chi connectivity index (χ2v) is 6.33. The van der Waals surface area contributed by atoms with Crippen LogP contribution in [0, 0.1) is 11.7 Å². The number of nitrogens with one attached hydrogen (secondary N) is 1. The zero-order chi connectivity index (χ0) is 15.9. The Hall–Kier alpha value is -1.58. The van der Waals surface area contributed by atoms with E-state index in [4.69, 9.17) is 0 Å². The standard InChI is InChI=1S/C18H27FN2O/c1-14(16-11-5-6-12-17(16)19)21(2)18(22)20-13-7-10-15-8-3-4-9-15/h5-6,11-12,14-15H,3-4,7-10,13H2,1-2H3,(H,20,22). The molecule has 22 heavy (non-hydrogen) atoms. The first-order valence-corrected chi connectivity index (χ1v) is 8.34. The zero-order valence-corrected chi connectivity index (χ0v) is 13.6. The average molecular weight is 306 g/mol. The number of urea groups is 1. The van der Waals surface area contributed by atoms with E-state index in [1.165, 1.54) is 38.2 Å². The van der Waals surface area contributed by atoms with Crippen molar-refractivity contribution < 1.29 is 9.18 Å². The highest BCUT2D eigenvalue weighted by atomic mass is 19.1. The summed E-state index contributed by atoms with van der Waals surface area (Å²) in [7, 11) is 1.71. The van der Waals surface area contributed by atoms with Gasteiger partial charge in [-0.2, -0.15) is 0 Å². The lowest BCUT2D eigenvalue weighted by Gasteiger charge is -2.26. The van der Waals surface area contributed by atoms with Crippen molar-refractivity contribution >= 4 is 6.03 Å². The quantitative estimate of drug-likeness (QED) is 0.771. The van der Waals surface area contributed by atoms with Crippen LogP contribution >= 0.6 is 0 Å². The SMILES string of the molecule is CC(c1ccccc1F)N(C)C(=O)NCCCC1CCCC1. The zero-order valence-electron chi connectivity index (χ0n) is 13.6. The summed E-state index contributed by atoms with van der Waals surface area (Å²) >= 11 is 0. The van der Waals surface area contributed by atoms with E-state index in [2.05, 4.69) is 5.32 Å². The smallest absolute Gasteiger partial charge is 0.317 e. The van der Waals surface area contributed by atoms with Crippen LogP contribution in [0.2, 0.25) is 0 Å². The molecular weight excluding hydrogens is 279 g/mol. The molecule has 2 amide bonds. The number of rotatable bonds is 6. The number of benzene rings is 1. The molecule has 1 atom stereocenters. The molecule has 1 aromatic carbocycles. The number of hydrogen-bond acceptors (Lipinski definition) is 1. The Balaban J connectivity index is 1.75. The predicted octanol–water partition coefficient (Wildman–Crippen LogP) is 4.50. The van der Waals surface area contributed by atoms with E-state index in [0.717, 1.165) is 12.3 Å². The van der Waals surface area contributed by atoms with Crippen molar-refractivity contribution in [3.8, 4) is 0 Å². The van der Waals surface area contributed by atoms with E-state index in [1.807, 2.05) is 6.92 Å². The second-order valence-electron chi connectivity index (χ2n) is 6.33. The lowest BCUT2D eigenvalue weighted by atomic mass is 10.0. The maximum atomic E-state index is 13.8. The van der Waals surface area contributed by atoms with Gasteiger partial charge in [0.05, 0.1) is 6.04 Å². The Kier molecular flexibility index (Phi) is 6.22. The first-order chi connectivity index (χ1) is 10.6. The third-order valence-corrected chi connectivity index (χ3v) is 4.80. The third-order valence-electron chi connectivity index (χ3n) is 4.80. The van der Waals surface area contributed by atoms with Gasteiger partial charge in [0, 0.05) is 19.2 Å². The Morgan fingerprint density at radius 3 is 2.73 bits per heavy atom. The fourth-order valence-electron chi connectivity index (χ4n) is 3.21. The normalized spacial score (nSPS) is 16.5. The van der Waals surface area contributed by atoms with Crippen LogP contribution in [-0.4, -0.2) is 24.5 Å². The van der Waals surface area contributed by atoms with Crippen LogP contribution in [0.25, 0.3) is 0 Å². The lowest BCUT2D eigenvalue weighted by molar-refractivity contribution is 0.193. The van der Waals surface area contributed by atoms with Crippen molar-refractivity contribution in [3.63, 3.8) is 0 Å². The molecule has 1 aromatic rings. The van der Waals surface area contributed by atoms with E-state index in [0.29, 0.717) is 12.1 Å². The molecule has 0 aliphatic heterocycles. The number of nitrogens with zero attached hydrogens (tertiary/aromatic N) is 1. The summed E-state index contributed by atoms with van der Waals surface area (Å²) in [5.74, 6) is 0.586. The fourth-order valence-corrected chi connectivity index (χ4v) is 3.21. The summed E-state index contributed by atoms with van der Waals surface area (Å²) in [5.41, 5.74) is 0.547. The van der Waals surface area contributed by atoms with Gasteiger partial charge in [0.1, 0.15) is 5.82 Å². The molecule has 3 nitrogen and oxygen atoms in total. The van der Waals surface area contributed by atoms with Crippen molar-refractivity contribution in [2.75, 3.05) is 13.6 Å². The van der Waals surface area contributed by atoms with Crippen LogP contribution in [0.1, 0.15) is 57.1 Å². The summed E-state index contributed by atoms with van der Waals surface area (Å²) in [6, 6.07) is 6.19. The van der Waals surface area contributed by atoms with Crippen LogP contribution in [-0.2, 0) is 0 Å². The van der Waals surface area contributed by atoms with E-state index >= 15 is 0 Å². The average Bonchev–Trinajstić information content (AvgIpc) is 3.03. The van der Waals surface area contributed by atoms with Gasteiger partial charge in [0.2, 0.25) is 0 Å². The Morgan fingerprint density at radius 1 is 1.36 bits per heavy atom. The molecule has 0 aromatic heterocycles. The molecule has 0 spiro atoms. The Bertz CT molecular complexity index is 486. The highest BCUT2D eigenvalue weighted by Gasteiger charge is 2.20. The van der Waals surface area contributed by atoms with Crippen molar-refractivity contribution in [1.82, 2.24) is 10.2 Å². The minimum atomic E-state index is -0.281. The first kappa shape index (κ1) is 16.8. The minimum absolute atomic E-state index is 0.137. The van der Waals surface area contributed by atoms with Gasteiger partial charge in [-0.1, -0.05) is 43.9 Å². The van der Waals surface area contributed by atoms with Gasteiger partial charge in [-0.15, -0.1) is 0 Å². The lowest BCUT2D eigenvalue weighted by Crippen LogP contribution is -2.39. The largest absolute Gasteiger partial charge is 0.338 e. The van der Waals surface area contributed by atoms with Crippen LogP contribution < -0.4 is 5.32 Å². The topological polar surface area (TPSA) is 32.3 Å². The van der Waals surface area contributed by atoms with Gasteiger partial charge in [-0.3, -0.25) is 0 Å². The number of halogens is 1. The summed E-state index contributed by atoms with van der Waals surface area (Å²) in [6.45, 7) is 2.54. The molecule has 122 valence electrons. The molecule has 1 N–H and O–H groups in total. The number of carbonyl (C=O) groups is 1.